The van der Waals surface area contributed by atoms with Gasteiger partial charge in [-0.1, -0.05) is 0 Å². The fourth-order valence-electron chi connectivity index (χ4n) is 0.775. The Balaban J connectivity index is 3.04. The average Bonchev–Trinajstić information content (AvgIpc) is 2.03. The van der Waals surface area contributed by atoms with E-state index >= 15 is 0 Å². The Morgan fingerprint density at radius 1 is 1.54 bits per heavy atom. The van der Waals surface area contributed by atoms with Crippen molar-refractivity contribution in [2.24, 2.45) is 0 Å². The summed E-state index contributed by atoms with van der Waals surface area (Å²) in [7, 11) is 0. The Kier molecular flexibility index (Phi) is 3.13. The third-order valence-corrected chi connectivity index (χ3v) is 2.55. The highest BCUT2D eigenvalue weighted by molar-refractivity contribution is 8.04. The first-order valence-electron chi connectivity index (χ1n) is 3.20. The van der Waals surface area contributed by atoms with Gasteiger partial charge in [0.15, 0.2) is 0 Å². The summed E-state index contributed by atoms with van der Waals surface area (Å²) < 4.78 is 40.8. The molecule has 0 unspecified atom stereocenters. The van der Waals surface area contributed by atoms with Crippen molar-refractivity contribution in [3.63, 3.8) is 0 Å². The molecule has 0 saturated carbocycles. The standard InChI is InChI=1S/C6H4ClF3O2S/c7-5(11)3-4(6(8,9)10)12-1-2-13-3/h1-2H2. The van der Waals surface area contributed by atoms with Crippen LogP contribution in [0, 0.1) is 0 Å². The van der Waals surface area contributed by atoms with Gasteiger partial charge in [-0.05, 0) is 11.6 Å². The van der Waals surface area contributed by atoms with E-state index < -0.39 is 22.1 Å². The zero-order valence-electron chi connectivity index (χ0n) is 6.15. The molecule has 74 valence electrons. The van der Waals surface area contributed by atoms with Gasteiger partial charge in [0.05, 0.1) is 6.61 Å². The largest absolute Gasteiger partial charge is 0.487 e. The lowest BCUT2D eigenvalue weighted by Gasteiger charge is -2.20. The minimum atomic E-state index is -4.65. The summed E-state index contributed by atoms with van der Waals surface area (Å²) in [6, 6.07) is 0. The van der Waals surface area contributed by atoms with Crippen molar-refractivity contribution < 1.29 is 22.7 Å². The molecule has 1 rings (SSSR count). The summed E-state index contributed by atoms with van der Waals surface area (Å²) in [6.45, 7) is -0.0623. The first-order valence-corrected chi connectivity index (χ1v) is 4.56. The summed E-state index contributed by atoms with van der Waals surface area (Å²) in [4.78, 5) is 10.0. The highest BCUT2D eigenvalue weighted by atomic mass is 35.5. The molecule has 0 atom stereocenters. The molecule has 13 heavy (non-hydrogen) atoms. The van der Waals surface area contributed by atoms with E-state index in [2.05, 4.69) is 4.74 Å². The van der Waals surface area contributed by atoms with Crippen LogP contribution in [0.15, 0.2) is 10.7 Å². The zero-order chi connectivity index (χ0) is 10.1. The molecule has 0 N–H and O–H groups in total. The summed E-state index contributed by atoms with van der Waals surface area (Å²) in [5.74, 6) is -0.975. The monoisotopic (exact) mass is 232 g/mol. The first-order chi connectivity index (χ1) is 5.93. The van der Waals surface area contributed by atoms with Gasteiger partial charge in [0.25, 0.3) is 5.24 Å². The van der Waals surface area contributed by atoms with E-state index in [9.17, 15) is 18.0 Å². The molecule has 0 bridgehead atoms. The van der Waals surface area contributed by atoms with E-state index in [1.807, 2.05) is 0 Å². The number of hydrogen-bond donors (Lipinski definition) is 0. The van der Waals surface area contributed by atoms with E-state index in [-0.39, 0.29) is 6.61 Å². The van der Waals surface area contributed by atoms with Crippen LogP contribution in [-0.4, -0.2) is 23.8 Å². The SMILES string of the molecule is O=C(Cl)C1=C(C(F)(F)F)OCCS1. The first kappa shape index (κ1) is 10.7. The fourth-order valence-corrected chi connectivity index (χ4v) is 1.81. The second kappa shape index (κ2) is 3.79. The molecule has 0 fully saturated rings. The van der Waals surface area contributed by atoms with Gasteiger partial charge >= 0.3 is 6.18 Å². The number of ether oxygens (including phenoxy) is 1. The molecule has 2 nitrogen and oxygen atoms in total. The Morgan fingerprint density at radius 3 is 2.54 bits per heavy atom. The molecule has 0 saturated heterocycles. The molecule has 0 aromatic heterocycles. The second-order valence-corrected chi connectivity index (χ2v) is 3.58. The quantitative estimate of drug-likeness (QED) is 0.649. The molecule has 0 radical (unpaired) electrons. The number of allylic oxidation sites excluding steroid dienone is 2. The van der Waals surface area contributed by atoms with Gasteiger partial charge in [-0.2, -0.15) is 13.2 Å². The summed E-state index contributed by atoms with van der Waals surface area (Å²) in [5.41, 5.74) is 0. The van der Waals surface area contributed by atoms with Crippen LogP contribution in [-0.2, 0) is 9.53 Å². The van der Waals surface area contributed by atoms with Crippen LogP contribution < -0.4 is 0 Å². The van der Waals surface area contributed by atoms with Crippen molar-refractivity contribution in [3.8, 4) is 0 Å². The van der Waals surface area contributed by atoms with Gasteiger partial charge < -0.3 is 4.74 Å². The third-order valence-electron chi connectivity index (χ3n) is 1.22. The van der Waals surface area contributed by atoms with Crippen molar-refractivity contribution in [3.05, 3.63) is 10.7 Å². The number of carbonyl (C=O) groups excluding carboxylic acids is 1. The Labute approximate surface area is 81.1 Å². The average molecular weight is 233 g/mol. The van der Waals surface area contributed by atoms with Crippen LogP contribution in [0.3, 0.4) is 0 Å². The topological polar surface area (TPSA) is 26.3 Å². The molecule has 7 heteroatoms. The zero-order valence-corrected chi connectivity index (χ0v) is 7.72. The molecule has 0 amide bonds. The Morgan fingerprint density at radius 2 is 2.15 bits per heavy atom. The van der Waals surface area contributed by atoms with Crippen molar-refractivity contribution in [2.45, 2.75) is 6.18 Å². The summed E-state index contributed by atoms with van der Waals surface area (Å²) >= 11 is 5.72. The fraction of sp³-hybridized carbons (Fsp3) is 0.500. The minimum Gasteiger partial charge on any atom is -0.487 e. The van der Waals surface area contributed by atoms with Crippen LogP contribution in [0.5, 0.6) is 0 Å². The predicted molar refractivity (Wildman–Crippen MR) is 42.4 cm³/mol. The van der Waals surface area contributed by atoms with Crippen LogP contribution in [0.25, 0.3) is 0 Å². The van der Waals surface area contributed by atoms with Crippen molar-refractivity contribution in [2.75, 3.05) is 12.4 Å². The summed E-state index contributed by atoms with van der Waals surface area (Å²) in [6.07, 6.45) is -4.65. The Hall–Kier alpha value is -0.360. The lowest BCUT2D eigenvalue weighted by Crippen LogP contribution is -2.22. The summed E-state index contributed by atoms with van der Waals surface area (Å²) in [5, 5.41) is -1.13. The molecular weight excluding hydrogens is 229 g/mol. The number of halogens is 4. The lowest BCUT2D eigenvalue weighted by molar-refractivity contribution is -0.132. The molecule has 1 heterocycles. The maximum atomic E-state index is 12.1. The van der Waals surface area contributed by atoms with E-state index in [0.29, 0.717) is 5.75 Å². The molecule has 1 aliphatic heterocycles. The van der Waals surface area contributed by atoms with E-state index in [4.69, 9.17) is 11.6 Å². The van der Waals surface area contributed by atoms with Crippen LogP contribution in [0.2, 0.25) is 0 Å². The minimum absolute atomic E-state index is 0.0623. The van der Waals surface area contributed by atoms with Gasteiger partial charge in [0.1, 0.15) is 4.91 Å². The number of thioether (sulfide) groups is 1. The van der Waals surface area contributed by atoms with Crippen LogP contribution in [0.4, 0.5) is 13.2 Å². The number of carbonyl (C=O) groups is 1. The number of alkyl halides is 3. The van der Waals surface area contributed by atoms with Crippen molar-refractivity contribution in [1.29, 1.82) is 0 Å². The van der Waals surface area contributed by atoms with Crippen LogP contribution >= 0.6 is 23.4 Å². The maximum Gasteiger partial charge on any atom is 0.450 e. The van der Waals surface area contributed by atoms with Gasteiger partial charge in [-0.15, -0.1) is 11.8 Å². The maximum absolute atomic E-state index is 12.1. The normalized spacial score (nSPS) is 18.5. The molecular formula is C6H4ClF3O2S. The van der Waals surface area contributed by atoms with E-state index in [1.165, 1.54) is 0 Å². The van der Waals surface area contributed by atoms with Gasteiger partial charge in [0.2, 0.25) is 5.76 Å². The number of hydrogen-bond acceptors (Lipinski definition) is 3. The molecule has 0 aliphatic carbocycles. The lowest BCUT2D eigenvalue weighted by atomic mass is 10.4. The van der Waals surface area contributed by atoms with Gasteiger partial charge in [0, 0.05) is 5.75 Å². The molecule has 0 aromatic carbocycles. The third kappa shape index (κ3) is 2.54. The van der Waals surface area contributed by atoms with E-state index in [1.54, 1.807) is 0 Å². The molecule has 0 spiro atoms. The van der Waals surface area contributed by atoms with Crippen molar-refractivity contribution >= 4 is 28.6 Å². The predicted octanol–water partition coefficient (Wildman–Crippen LogP) is 2.29. The van der Waals surface area contributed by atoms with Crippen molar-refractivity contribution in [1.82, 2.24) is 0 Å². The highest BCUT2D eigenvalue weighted by Crippen LogP contribution is 2.37. The van der Waals surface area contributed by atoms with Gasteiger partial charge in [-0.25, -0.2) is 0 Å². The molecule has 1 aliphatic rings. The molecule has 0 aromatic rings. The second-order valence-electron chi connectivity index (χ2n) is 2.13. The Bertz CT molecular complexity index is 261. The van der Waals surface area contributed by atoms with Gasteiger partial charge in [-0.3, -0.25) is 4.79 Å². The smallest absolute Gasteiger partial charge is 0.450 e. The number of rotatable bonds is 1. The van der Waals surface area contributed by atoms with Crippen LogP contribution in [0.1, 0.15) is 0 Å². The highest BCUT2D eigenvalue weighted by Gasteiger charge is 2.41. The van der Waals surface area contributed by atoms with E-state index in [0.717, 1.165) is 11.8 Å².